The minimum Gasteiger partial charge on any atom is -0.497 e. The molecule has 184 valence electrons. The van der Waals surface area contributed by atoms with Crippen LogP contribution in [0.25, 0.3) is 0 Å². The minimum atomic E-state index is -0.589. The standard InChI is InChI=1S/C30H36N2O3/c1-4-5-20-31-30(34)23(2)32(22-24-16-18-27(35-3)19-17-24)29(33)21-28(25-12-8-6-9-13-25)26-14-10-7-11-15-26/h6-19,23,28H,4-5,20-22H2,1-3H3,(H,31,34). The van der Waals surface area contributed by atoms with Gasteiger partial charge in [0.25, 0.3) is 0 Å². The summed E-state index contributed by atoms with van der Waals surface area (Å²) in [4.78, 5) is 28.5. The molecular formula is C30H36N2O3. The number of methoxy groups -OCH3 is 1. The van der Waals surface area contributed by atoms with Gasteiger partial charge in [-0.15, -0.1) is 0 Å². The van der Waals surface area contributed by atoms with Crippen LogP contribution in [-0.2, 0) is 16.1 Å². The van der Waals surface area contributed by atoms with E-state index in [4.69, 9.17) is 4.74 Å². The van der Waals surface area contributed by atoms with Gasteiger partial charge in [0.2, 0.25) is 11.8 Å². The van der Waals surface area contributed by atoms with Crippen LogP contribution in [0.2, 0.25) is 0 Å². The third-order valence-electron chi connectivity index (χ3n) is 6.29. The Kier molecular flexibility index (Phi) is 9.91. The molecule has 0 heterocycles. The number of rotatable bonds is 12. The van der Waals surface area contributed by atoms with Gasteiger partial charge in [0.05, 0.1) is 7.11 Å². The third-order valence-corrected chi connectivity index (χ3v) is 6.29. The molecule has 1 N–H and O–H groups in total. The summed E-state index contributed by atoms with van der Waals surface area (Å²) in [6, 6.07) is 27.2. The molecular weight excluding hydrogens is 436 g/mol. The topological polar surface area (TPSA) is 58.6 Å². The summed E-state index contributed by atoms with van der Waals surface area (Å²) in [6.45, 7) is 4.85. The number of unbranched alkanes of at least 4 members (excludes halogenated alkanes) is 1. The predicted molar refractivity (Wildman–Crippen MR) is 140 cm³/mol. The first kappa shape index (κ1) is 26.0. The molecule has 0 aromatic heterocycles. The van der Waals surface area contributed by atoms with Gasteiger partial charge in [-0.05, 0) is 42.2 Å². The molecule has 0 aliphatic rings. The Morgan fingerprint density at radius 2 is 1.46 bits per heavy atom. The molecule has 0 radical (unpaired) electrons. The van der Waals surface area contributed by atoms with Gasteiger partial charge in [0.1, 0.15) is 11.8 Å². The van der Waals surface area contributed by atoms with Crippen molar-refractivity contribution in [1.29, 1.82) is 0 Å². The number of nitrogens with one attached hydrogen (secondary N) is 1. The van der Waals surface area contributed by atoms with Gasteiger partial charge in [-0.2, -0.15) is 0 Å². The zero-order valence-electron chi connectivity index (χ0n) is 20.9. The zero-order valence-corrected chi connectivity index (χ0v) is 20.9. The SMILES string of the molecule is CCCCNC(=O)C(C)N(Cc1ccc(OC)cc1)C(=O)CC(c1ccccc1)c1ccccc1. The van der Waals surface area contributed by atoms with Gasteiger partial charge in [0.15, 0.2) is 0 Å². The van der Waals surface area contributed by atoms with Crippen LogP contribution in [0.15, 0.2) is 84.9 Å². The lowest BCUT2D eigenvalue weighted by atomic mass is 9.88. The molecule has 0 saturated carbocycles. The van der Waals surface area contributed by atoms with Gasteiger partial charge in [-0.1, -0.05) is 86.1 Å². The average molecular weight is 473 g/mol. The summed E-state index contributed by atoms with van der Waals surface area (Å²) in [6.07, 6.45) is 2.19. The number of carbonyl (C=O) groups excluding carboxylic acids is 2. The molecule has 1 atom stereocenters. The van der Waals surface area contributed by atoms with E-state index in [0.29, 0.717) is 13.1 Å². The van der Waals surface area contributed by atoms with E-state index < -0.39 is 6.04 Å². The number of hydrogen-bond acceptors (Lipinski definition) is 3. The van der Waals surface area contributed by atoms with Crippen molar-refractivity contribution in [2.45, 2.75) is 51.6 Å². The highest BCUT2D eigenvalue weighted by Crippen LogP contribution is 2.29. The van der Waals surface area contributed by atoms with Crippen LogP contribution in [0.3, 0.4) is 0 Å². The van der Waals surface area contributed by atoms with E-state index in [1.165, 1.54) is 0 Å². The molecule has 3 aromatic rings. The highest BCUT2D eigenvalue weighted by molar-refractivity contribution is 5.87. The van der Waals surface area contributed by atoms with Gasteiger partial charge in [-0.25, -0.2) is 0 Å². The Morgan fingerprint density at radius 3 is 1.97 bits per heavy atom. The summed E-state index contributed by atoms with van der Waals surface area (Å²) in [5, 5.41) is 2.99. The van der Waals surface area contributed by atoms with E-state index in [0.717, 1.165) is 35.3 Å². The Balaban J connectivity index is 1.87. The number of ether oxygens (including phenoxy) is 1. The maximum atomic E-state index is 13.8. The summed E-state index contributed by atoms with van der Waals surface area (Å²) >= 11 is 0. The van der Waals surface area contributed by atoms with Crippen LogP contribution in [-0.4, -0.2) is 36.4 Å². The Labute approximate surface area is 209 Å². The first-order chi connectivity index (χ1) is 17.0. The van der Waals surface area contributed by atoms with E-state index in [9.17, 15) is 9.59 Å². The number of carbonyl (C=O) groups is 2. The van der Waals surface area contributed by atoms with Gasteiger partial charge >= 0.3 is 0 Å². The number of benzene rings is 3. The molecule has 0 fully saturated rings. The maximum absolute atomic E-state index is 13.8. The lowest BCUT2D eigenvalue weighted by molar-refractivity contribution is -0.140. The van der Waals surface area contributed by atoms with Gasteiger partial charge in [0, 0.05) is 25.4 Å². The molecule has 5 nitrogen and oxygen atoms in total. The fourth-order valence-electron chi connectivity index (χ4n) is 4.14. The van der Waals surface area contributed by atoms with Crippen molar-refractivity contribution in [2.24, 2.45) is 0 Å². The number of hydrogen-bond donors (Lipinski definition) is 1. The minimum absolute atomic E-state index is 0.0586. The zero-order chi connectivity index (χ0) is 25.0. The van der Waals surface area contributed by atoms with Crippen molar-refractivity contribution in [1.82, 2.24) is 10.2 Å². The molecule has 0 bridgehead atoms. The molecule has 5 heteroatoms. The van der Waals surface area contributed by atoms with Crippen LogP contribution in [0.1, 0.15) is 55.7 Å². The second-order valence-electron chi connectivity index (χ2n) is 8.77. The molecule has 0 saturated heterocycles. The second kappa shape index (κ2) is 13.3. The Bertz CT molecular complexity index is 1010. The third kappa shape index (κ3) is 7.44. The molecule has 3 rings (SSSR count). The van der Waals surface area contributed by atoms with E-state index >= 15 is 0 Å². The van der Waals surface area contributed by atoms with Crippen molar-refractivity contribution in [2.75, 3.05) is 13.7 Å². The highest BCUT2D eigenvalue weighted by atomic mass is 16.5. The number of nitrogens with zero attached hydrogens (tertiary/aromatic N) is 1. The Hall–Kier alpha value is -3.60. The first-order valence-electron chi connectivity index (χ1n) is 12.3. The normalized spacial score (nSPS) is 11.7. The molecule has 35 heavy (non-hydrogen) atoms. The first-order valence-corrected chi connectivity index (χ1v) is 12.3. The molecule has 3 aromatic carbocycles. The van der Waals surface area contributed by atoms with Crippen LogP contribution < -0.4 is 10.1 Å². The van der Waals surface area contributed by atoms with Crippen LogP contribution in [0, 0.1) is 0 Å². The van der Waals surface area contributed by atoms with Crippen molar-refractivity contribution < 1.29 is 14.3 Å². The van der Waals surface area contributed by atoms with Crippen molar-refractivity contribution in [3.05, 3.63) is 102 Å². The summed E-state index contributed by atoms with van der Waals surface area (Å²) in [7, 11) is 1.63. The second-order valence-corrected chi connectivity index (χ2v) is 8.77. The smallest absolute Gasteiger partial charge is 0.242 e. The molecule has 1 unspecified atom stereocenters. The monoisotopic (exact) mass is 472 g/mol. The van der Waals surface area contributed by atoms with Crippen molar-refractivity contribution in [3.8, 4) is 5.75 Å². The fraction of sp³-hybridized carbons (Fsp3) is 0.333. The molecule has 0 aliphatic carbocycles. The lowest BCUT2D eigenvalue weighted by Crippen LogP contribution is -2.48. The van der Waals surface area contributed by atoms with Crippen LogP contribution in [0.5, 0.6) is 5.75 Å². The largest absolute Gasteiger partial charge is 0.497 e. The van der Waals surface area contributed by atoms with E-state index in [1.807, 2.05) is 67.6 Å². The van der Waals surface area contributed by atoms with E-state index in [-0.39, 0.29) is 24.2 Å². The predicted octanol–water partition coefficient (Wildman–Crippen LogP) is 5.55. The summed E-state index contributed by atoms with van der Waals surface area (Å²) < 4.78 is 5.27. The van der Waals surface area contributed by atoms with Crippen molar-refractivity contribution in [3.63, 3.8) is 0 Å². The van der Waals surface area contributed by atoms with E-state index in [1.54, 1.807) is 12.0 Å². The highest BCUT2D eigenvalue weighted by Gasteiger charge is 2.29. The number of amides is 2. The van der Waals surface area contributed by atoms with Crippen molar-refractivity contribution >= 4 is 11.8 Å². The van der Waals surface area contributed by atoms with E-state index in [2.05, 4.69) is 36.5 Å². The Morgan fingerprint density at radius 1 is 0.886 bits per heavy atom. The molecule has 0 aliphatic heterocycles. The fourth-order valence-corrected chi connectivity index (χ4v) is 4.14. The molecule has 2 amide bonds. The molecule has 0 spiro atoms. The summed E-state index contributed by atoms with van der Waals surface area (Å²) in [5.74, 6) is 0.469. The summed E-state index contributed by atoms with van der Waals surface area (Å²) in [5.41, 5.74) is 3.11. The lowest BCUT2D eigenvalue weighted by Gasteiger charge is -2.30. The van der Waals surface area contributed by atoms with Crippen LogP contribution >= 0.6 is 0 Å². The van der Waals surface area contributed by atoms with Crippen LogP contribution in [0.4, 0.5) is 0 Å². The average Bonchev–Trinajstić information content (AvgIpc) is 2.91. The van der Waals surface area contributed by atoms with Gasteiger partial charge < -0.3 is 15.0 Å². The van der Waals surface area contributed by atoms with Gasteiger partial charge in [-0.3, -0.25) is 9.59 Å². The quantitative estimate of drug-likeness (QED) is 0.352. The maximum Gasteiger partial charge on any atom is 0.242 e.